The van der Waals surface area contributed by atoms with Gasteiger partial charge in [0.1, 0.15) is 4.90 Å². The zero-order valence-electron chi connectivity index (χ0n) is 11.0. The summed E-state index contributed by atoms with van der Waals surface area (Å²) in [5.41, 5.74) is -0.196. The molecular formula is C11H15NO6S. The molecule has 1 aromatic carbocycles. The van der Waals surface area contributed by atoms with Crippen LogP contribution in [-0.2, 0) is 10.0 Å². The number of aromatic carboxylic acids is 1. The standard InChI is InChI=1S/C11H15NO6S/c1-12(2)19(15,16)9-6-7(11(13)14)5-8(17-3)10(9)18-4/h5-6H,1-4H3,(H,13,14). The number of carboxylic acids is 1. The minimum absolute atomic E-state index is 0.0267. The van der Waals surface area contributed by atoms with Crippen molar-refractivity contribution in [3.8, 4) is 11.5 Å². The molecule has 1 N–H and O–H groups in total. The van der Waals surface area contributed by atoms with E-state index < -0.39 is 16.0 Å². The van der Waals surface area contributed by atoms with Crippen LogP contribution >= 0.6 is 0 Å². The van der Waals surface area contributed by atoms with E-state index in [0.29, 0.717) is 0 Å². The topological polar surface area (TPSA) is 93.1 Å². The van der Waals surface area contributed by atoms with Gasteiger partial charge in [-0.2, -0.15) is 0 Å². The second-order valence-corrected chi connectivity index (χ2v) is 5.92. The number of ether oxygens (including phenoxy) is 2. The van der Waals surface area contributed by atoms with Gasteiger partial charge in [0.25, 0.3) is 0 Å². The highest BCUT2D eigenvalue weighted by Gasteiger charge is 2.27. The number of sulfonamides is 1. The molecule has 19 heavy (non-hydrogen) atoms. The monoisotopic (exact) mass is 289 g/mol. The normalized spacial score (nSPS) is 11.4. The van der Waals surface area contributed by atoms with Gasteiger partial charge in [-0.25, -0.2) is 17.5 Å². The molecule has 8 heteroatoms. The summed E-state index contributed by atoms with van der Waals surface area (Å²) < 4.78 is 35.3. The van der Waals surface area contributed by atoms with E-state index in [-0.39, 0.29) is 22.0 Å². The molecule has 0 bridgehead atoms. The number of carbonyl (C=O) groups is 1. The molecule has 1 rings (SSSR count). The first-order valence-corrected chi connectivity index (χ1v) is 6.61. The van der Waals surface area contributed by atoms with Gasteiger partial charge in [0.2, 0.25) is 10.0 Å². The van der Waals surface area contributed by atoms with Gasteiger partial charge in [-0.15, -0.1) is 0 Å². The van der Waals surface area contributed by atoms with Gasteiger partial charge in [0.05, 0.1) is 19.8 Å². The molecule has 0 amide bonds. The number of nitrogens with zero attached hydrogens (tertiary/aromatic N) is 1. The Kier molecular flexibility index (Phi) is 4.38. The van der Waals surface area contributed by atoms with Crippen LogP contribution in [0.2, 0.25) is 0 Å². The largest absolute Gasteiger partial charge is 0.493 e. The highest BCUT2D eigenvalue weighted by molar-refractivity contribution is 7.89. The van der Waals surface area contributed by atoms with E-state index in [0.717, 1.165) is 10.4 Å². The zero-order valence-corrected chi connectivity index (χ0v) is 11.8. The van der Waals surface area contributed by atoms with Gasteiger partial charge in [0.15, 0.2) is 11.5 Å². The molecule has 0 fully saturated rings. The molecule has 0 atom stereocenters. The number of benzene rings is 1. The third kappa shape index (κ3) is 2.79. The van der Waals surface area contributed by atoms with Gasteiger partial charge in [-0.1, -0.05) is 0 Å². The molecule has 0 aliphatic heterocycles. The Morgan fingerprint density at radius 3 is 2.16 bits per heavy atom. The van der Waals surface area contributed by atoms with E-state index in [2.05, 4.69) is 0 Å². The van der Waals surface area contributed by atoms with E-state index in [1.807, 2.05) is 0 Å². The first-order chi connectivity index (χ1) is 8.75. The number of carboxylic acid groups (broad SMARTS) is 1. The maximum Gasteiger partial charge on any atom is 0.335 e. The SMILES string of the molecule is COc1cc(C(=O)O)cc(S(=O)(=O)N(C)C)c1OC. The summed E-state index contributed by atoms with van der Waals surface area (Å²) in [4.78, 5) is 10.8. The van der Waals surface area contributed by atoms with Crippen LogP contribution in [0.15, 0.2) is 17.0 Å². The fourth-order valence-electron chi connectivity index (χ4n) is 1.44. The molecule has 1 aromatic rings. The summed E-state index contributed by atoms with van der Waals surface area (Å²) in [6, 6.07) is 2.24. The van der Waals surface area contributed by atoms with Crippen molar-refractivity contribution in [3.05, 3.63) is 17.7 Å². The van der Waals surface area contributed by atoms with Crippen LogP contribution < -0.4 is 9.47 Å². The Balaban J connectivity index is 3.70. The van der Waals surface area contributed by atoms with E-state index in [1.165, 1.54) is 34.4 Å². The van der Waals surface area contributed by atoms with E-state index in [9.17, 15) is 13.2 Å². The molecule has 0 saturated heterocycles. The summed E-state index contributed by atoms with van der Waals surface area (Å²) in [7, 11) is 1.43. The number of hydrogen-bond donors (Lipinski definition) is 1. The van der Waals surface area contributed by atoms with Crippen molar-refractivity contribution in [1.29, 1.82) is 0 Å². The fraction of sp³-hybridized carbons (Fsp3) is 0.364. The summed E-state index contributed by atoms with van der Waals surface area (Å²) in [5, 5.41) is 8.99. The number of methoxy groups -OCH3 is 2. The molecule has 0 aliphatic rings. The predicted octanol–water partition coefficient (Wildman–Crippen LogP) is 0.652. The van der Waals surface area contributed by atoms with Gasteiger partial charge in [-0.3, -0.25) is 0 Å². The maximum atomic E-state index is 12.2. The number of hydrogen-bond acceptors (Lipinski definition) is 5. The summed E-state index contributed by atoms with van der Waals surface area (Å²) in [5.74, 6) is -1.24. The Bertz CT molecular complexity index is 593. The van der Waals surface area contributed by atoms with Crippen molar-refractivity contribution in [3.63, 3.8) is 0 Å². The first kappa shape index (κ1) is 15.3. The van der Waals surface area contributed by atoms with Crippen LogP contribution in [0.4, 0.5) is 0 Å². The lowest BCUT2D eigenvalue weighted by atomic mass is 10.2. The number of rotatable bonds is 5. The molecule has 106 valence electrons. The highest BCUT2D eigenvalue weighted by Crippen LogP contribution is 2.36. The van der Waals surface area contributed by atoms with Crippen LogP contribution in [0.25, 0.3) is 0 Å². The Morgan fingerprint density at radius 2 is 1.79 bits per heavy atom. The lowest BCUT2D eigenvalue weighted by Crippen LogP contribution is -2.23. The molecule has 0 heterocycles. The molecule has 0 spiro atoms. The Labute approximate surface area is 111 Å². The minimum atomic E-state index is -3.84. The van der Waals surface area contributed by atoms with Crippen LogP contribution in [0.3, 0.4) is 0 Å². The van der Waals surface area contributed by atoms with Crippen molar-refractivity contribution in [2.24, 2.45) is 0 Å². The van der Waals surface area contributed by atoms with E-state index >= 15 is 0 Å². The maximum absolute atomic E-state index is 12.2. The predicted molar refractivity (Wildman–Crippen MR) is 67.4 cm³/mol. The van der Waals surface area contributed by atoms with Gasteiger partial charge in [0, 0.05) is 14.1 Å². The molecule has 0 aliphatic carbocycles. The van der Waals surface area contributed by atoms with Crippen LogP contribution in [0.5, 0.6) is 11.5 Å². The van der Waals surface area contributed by atoms with Gasteiger partial charge >= 0.3 is 5.97 Å². The quantitative estimate of drug-likeness (QED) is 0.855. The van der Waals surface area contributed by atoms with Crippen molar-refractivity contribution in [2.75, 3.05) is 28.3 Å². The average Bonchev–Trinajstić information content (AvgIpc) is 2.36. The molecule has 0 aromatic heterocycles. The summed E-state index contributed by atoms with van der Waals surface area (Å²) in [6.45, 7) is 0. The molecular weight excluding hydrogens is 274 g/mol. The van der Waals surface area contributed by atoms with Crippen molar-refractivity contribution in [1.82, 2.24) is 4.31 Å². The van der Waals surface area contributed by atoms with Crippen molar-refractivity contribution in [2.45, 2.75) is 4.90 Å². The van der Waals surface area contributed by atoms with Crippen molar-refractivity contribution >= 4 is 16.0 Å². The van der Waals surface area contributed by atoms with E-state index in [4.69, 9.17) is 14.6 Å². The second kappa shape index (κ2) is 5.45. The first-order valence-electron chi connectivity index (χ1n) is 5.17. The minimum Gasteiger partial charge on any atom is -0.493 e. The van der Waals surface area contributed by atoms with E-state index in [1.54, 1.807) is 0 Å². The highest BCUT2D eigenvalue weighted by atomic mass is 32.2. The van der Waals surface area contributed by atoms with Gasteiger partial charge < -0.3 is 14.6 Å². The third-order valence-electron chi connectivity index (χ3n) is 2.45. The zero-order chi connectivity index (χ0) is 14.8. The average molecular weight is 289 g/mol. The van der Waals surface area contributed by atoms with Crippen molar-refractivity contribution < 1.29 is 27.8 Å². The van der Waals surface area contributed by atoms with Gasteiger partial charge in [-0.05, 0) is 12.1 Å². The lowest BCUT2D eigenvalue weighted by molar-refractivity contribution is 0.0696. The fourth-order valence-corrected chi connectivity index (χ4v) is 2.53. The Hall–Kier alpha value is -1.80. The lowest BCUT2D eigenvalue weighted by Gasteiger charge is -2.17. The third-order valence-corrected chi connectivity index (χ3v) is 4.27. The molecule has 0 radical (unpaired) electrons. The smallest absolute Gasteiger partial charge is 0.335 e. The molecule has 0 unspecified atom stereocenters. The molecule has 0 saturated carbocycles. The summed E-state index contributed by atoms with van der Waals surface area (Å²) in [6.07, 6.45) is 0. The Morgan fingerprint density at radius 1 is 1.21 bits per heavy atom. The van der Waals surface area contributed by atoms with Crippen LogP contribution in [0, 0.1) is 0 Å². The van der Waals surface area contributed by atoms with Crippen LogP contribution in [0.1, 0.15) is 10.4 Å². The molecule has 7 nitrogen and oxygen atoms in total. The summed E-state index contributed by atoms with van der Waals surface area (Å²) >= 11 is 0. The second-order valence-electron chi connectivity index (χ2n) is 3.80. The van der Waals surface area contributed by atoms with Crippen LogP contribution in [-0.4, -0.2) is 52.1 Å².